The van der Waals surface area contributed by atoms with Gasteiger partial charge in [-0.3, -0.25) is 14.4 Å². The van der Waals surface area contributed by atoms with E-state index >= 15 is 0 Å². The van der Waals surface area contributed by atoms with Crippen LogP contribution in [0.1, 0.15) is 23.2 Å². The van der Waals surface area contributed by atoms with Gasteiger partial charge in [-0.25, -0.2) is 0 Å². The molecule has 0 saturated heterocycles. The minimum Gasteiger partial charge on any atom is -0.495 e. The van der Waals surface area contributed by atoms with Crippen molar-refractivity contribution >= 4 is 35.2 Å². The summed E-state index contributed by atoms with van der Waals surface area (Å²) in [5.74, 6) is 3.55. The monoisotopic (exact) mass is 408 g/mol. The number of H-pyrrole nitrogens is 1. The molecule has 0 saturated carbocycles. The van der Waals surface area contributed by atoms with E-state index in [-0.39, 0.29) is 12.3 Å². The number of carbonyl (C=O) groups is 3. The summed E-state index contributed by atoms with van der Waals surface area (Å²) in [6, 6.07) is 7.05. The molecule has 0 atom stereocenters. The van der Waals surface area contributed by atoms with Crippen LogP contribution in [0.25, 0.3) is 11.6 Å². The van der Waals surface area contributed by atoms with Crippen LogP contribution in [-0.2, 0) is 23.9 Å². The van der Waals surface area contributed by atoms with Crippen LogP contribution < -0.4 is 10.1 Å². The molecule has 154 valence electrons. The number of ether oxygens (including phenoxy) is 3. The van der Waals surface area contributed by atoms with Crippen LogP contribution in [0, 0.1) is 17.8 Å². The van der Waals surface area contributed by atoms with Crippen LogP contribution in [0.15, 0.2) is 30.5 Å². The molecule has 0 fully saturated rings. The number of nitrogens with one attached hydrogen (secondary N) is 2. The van der Waals surface area contributed by atoms with Crippen molar-refractivity contribution in [2.75, 3.05) is 26.6 Å². The SMILES string of the molecule is COC(=O)C(CC#Cc1cccc2c1C(=Cc1[nH]ccc1OC)C(=O)N2)C(=O)OC. The van der Waals surface area contributed by atoms with Crippen LogP contribution in [0.3, 0.4) is 0 Å². The van der Waals surface area contributed by atoms with Gasteiger partial charge in [0.15, 0.2) is 5.92 Å². The number of fused-ring (bicyclic) bond motifs is 1. The number of esters is 2. The normalized spacial score (nSPS) is 13.3. The Hall–Kier alpha value is -3.99. The van der Waals surface area contributed by atoms with Crippen molar-refractivity contribution in [3.05, 3.63) is 47.3 Å². The summed E-state index contributed by atoms with van der Waals surface area (Å²) in [7, 11) is 3.93. The highest BCUT2D eigenvalue weighted by molar-refractivity contribution is 6.35. The molecule has 30 heavy (non-hydrogen) atoms. The maximum Gasteiger partial charge on any atom is 0.321 e. The number of aromatic nitrogens is 1. The predicted molar refractivity (Wildman–Crippen MR) is 109 cm³/mol. The standard InChI is InChI=1S/C22H20N2O6/c1-28-18-10-11-23-17(18)12-15-19-13(7-5-9-16(19)24-20(15)25)6-4-8-14(21(26)29-2)22(27)30-3/h5,7,9-12,14,23H,8H2,1-3H3,(H,24,25). The maximum atomic E-state index is 12.5. The number of hydrogen-bond donors (Lipinski definition) is 2. The summed E-state index contributed by atoms with van der Waals surface area (Å²) in [6.45, 7) is 0. The molecule has 3 rings (SSSR count). The molecule has 0 spiro atoms. The molecule has 8 nitrogen and oxygen atoms in total. The van der Waals surface area contributed by atoms with Crippen LogP contribution in [0.4, 0.5) is 5.69 Å². The average molecular weight is 408 g/mol. The Labute approximate surface area is 173 Å². The second-order valence-corrected chi connectivity index (χ2v) is 6.30. The molecule has 1 aromatic carbocycles. The number of rotatable bonds is 5. The van der Waals surface area contributed by atoms with Crippen LogP contribution in [0.2, 0.25) is 0 Å². The highest BCUT2D eigenvalue weighted by Crippen LogP contribution is 2.36. The van der Waals surface area contributed by atoms with Crippen LogP contribution in [-0.4, -0.2) is 44.2 Å². The number of anilines is 1. The van der Waals surface area contributed by atoms with Gasteiger partial charge in [-0.05, 0) is 24.3 Å². The fraction of sp³-hybridized carbons (Fsp3) is 0.227. The van der Waals surface area contributed by atoms with Gasteiger partial charge in [0, 0.05) is 23.7 Å². The first-order valence-corrected chi connectivity index (χ1v) is 9.02. The Morgan fingerprint density at radius 1 is 1.13 bits per heavy atom. The minimum absolute atomic E-state index is 0.0755. The molecule has 1 amide bonds. The molecule has 1 aliphatic heterocycles. The number of aromatic amines is 1. The average Bonchev–Trinajstić information content (AvgIpc) is 3.34. The highest BCUT2D eigenvalue weighted by Gasteiger charge is 2.29. The quantitative estimate of drug-likeness (QED) is 0.340. The zero-order valence-electron chi connectivity index (χ0n) is 16.7. The van der Waals surface area contributed by atoms with E-state index in [1.54, 1.807) is 43.6 Å². The Kier molecular flexibility index (Phi) is 6.23. The van der Waals surface area contributed by atoms with Gasteiger partial charge in [0.1, 0.15) is 5.75 Å². The van der Waals surface area contributed by atoms with Gasteiger partial charge >= 0.3 is 11.9 Å². The Balaban J connectivity index is 1.96. The summed E-state index contributed by atoms with van der Waals surface area (Å²) >= 11 is 0. The molecule has 2 heterocycles. The van der Waals surface area contributed by atoms with Crippen molar-refractivity contribution in [1.29, 1.82) is 0 Å². The third kappa shape index (κ3) is 4.05. The van der Waals surface area contributed by atoms with Gasteiger partial charge in [0.25, 0.3) is 5.91 Å². The highest BCUT2D eigenvalue weighted by atomic mass is 16.5. The molecule has 2 N–H and O–H groups in total. The van der Waals surface area contributed by atoms with E-state index in [1.807, 2.05) is 0 Å². The van der Waals surface area contributed by atoms with Crippen molar-refractivity contribution in [1.82, 2.24) is 4.98 Å². The van der Waals surface area contributed by atoms with E-state index in [4.69, 9.17) is 4.74 Å². The largest absolute Gasteiger partial charge is 0.495 e. The molecule has 0 bridgehead atoms. The Morgan fingerprint density at radius 2 is 1.87 bits per heavy atom. The van der Waals surface area contributed by atoms with Crippen molar-refractivity contribution in [2.45, 2.75) is 6.42 Å². The second-order valence-electron chi connectivity index (χ2n) is 6.30. The lowest BCUT2D eigenvalue weighted by Gasteiger charge is -2.08. The number of hydrogen-bond acceptors (Lipinski definition) is 6. The van der Waals surface area contributed by atoms with Gasteiger partial charge in [-0.15, -0.1) is 0 Å². The third-order valence-corrected chi connectivity index (χ3v) is 4.57. The maximum absolute atomic E-state index is 12.5. The smallest absolute Gasteiger partial charge is 0.321 e. The lowest BCUT2D eigenvalue weighted by molar-refractivity contribution is -0.158. The molecule has 0 radical (unpaired) electrons. The van der Waals surface area contributed by atoms with Gasteiger partial charge in [0.2, 0.25) is 0 Å². The van der Waals surface area contributed by atoms with Gasteiger partial charge in [-0.1, -0.05) is 17.9 Å². The molecule has 2 aromatic rings. The van der Waals surface area contributed by atoms with Crippen molar-refractivity contribution in [3.8, 4) is 17.6 Å². The van der Waals surface area contributed by atoms with Gasteiger partial charge in [0.05, 0.1) is 38.3 Å². The Morgan fingerprint density at radius 3 is 2.53 bits per heavy atom. The third-order valence-electron chi connectivity index (χ3n) is 4.57. The number of methoxy groups -OCH3 is 3. The molecule has 1 aromatic heterocycles. The number of carbonyl (C=O) groups excluding carboxylic acids is 3. The summed E-state index contributed by atoms with van der Waals surface area (Å²) in [4.78, 5) is 39.2. The van der Waals surface area contributed by atoms with Crippen molar-refractivity contribution in [3.63, 3.8) is 0 Å². The molecule has 0 aliphatic carbocycles. The lowest BCUT2D eigenvalue weighted by atomic mass is 9.99. The number of benzene rings is 1. The minimum atomic E-state index is -1.14. The second kappa shape index (κ2) is 9.01. The topological polar surface area (TPSA) is 107 Å². The van der Waals surface area contributed by atoms with Crippen LogP contribution >= 0.6 is 0 Å². The molecular weight excluding hydrogens is 388 g/mol. The first-order valence-electron chi connectivity index (χ1n) is 9.02. The van der Waals surface area contributed by atoms with E-state index in [1.165, 1.54) is 14.2 Å². The summed E-state index contributed by atoms with van der Waals surface area (Å²) in [5, 5.41) is 2.81. The van der Waals surface area contributed by atoms with Crippen LogP contribution in [0.5, 0.6) is 5.75 Å². The molecule has 8 heteroatoms. The van der Waals surface area contributed by atoms with E-state index in [2.05, 4.69) is 31.6 Å². The Bertz CT molecular complexity index is 1070. The molecular formula is C22H20N2O6. The zero-order chi connectivity index (χ0) is 21.7. The fourth-order valence-electron chi connectivity index (χ4n) is 3.09. The summed E-state index contributed by atoms with van der Waals surface area (Å²) in [5.41, 5.74) is 2.92. The van der Waals surface area contributed by atoms with Crippen molar-refractivity contribution in [2.24, 2.45) is 5.92 Å². The van der Waals surface area contributed by atoms with E-state index in [0.717, 1.165) is 0 Å². The first-order chi connectivity index (χ1) is 14.5. The van der Waals surface area contributed by atoms with Gasteiger partial charge < -0.3 is 24.5 Å². The van der Waals surface area contributed by atoms with E-state index < -0.39 is 17.9 Å². The molecule has 1 aliphatic rings. The predicted octanol–water partition coefficient (Wildman–Crippen LogP) is 2.22. The lowest BCUT2D eigenvalue weighted by Crippen LogP contribution is -2.26. The number of amides is 1. The summed E-state index contributed by atoms with van der Waals surface area (Å²) < 4.78 is 14.6. The summed E-state index contributed by atoms with van der Waals surface area (Å²) in [6.07, 6.45) is 3.33. The van der Waals surface area contributed by atoms with E-state index in [9.17, 15) is 14.4 Å². The zero-order valence-corrected chi connectivity index (χ0v) is 16.7. The van der Waals surface area contributed by atoms with Gasteiger partial charge in [-0.2, -0.15) is 0 Å². The molecule has 0 unspecified atom stereocenters. The first kappa shape index (κ1) is 20.7. The van der Waals surface area contributed by atoms with E-state index in [0.29, 0.717) is 33.8 Å². The fourth-order valence-corrected chi connectivity index (χ4v) is 3.09. The van der Waals surface area contributed by atoms with Crippen molar-refractivity contribution < 1.29 is 28.6 Å².